The van der Waals surface area contributed by atoms with Crippen LogP contribution >= 0.6 is 28.1 Å². The molecule has 1 aliphatic heterocycles. The number of anilines is 1. The monoisotopic (exact) mass is 465 g/mol. The Hall–Kier alpha value is -3.03. The molecule has 1 N–H and O–H groups in total. The molecule has 0 unspecified atom stereocenters. The molecule has 1 saturated heterocycles. The normalized spacial score (nSPS) is 15.7. The van der Waals surface area contributed by atoms with Gasteiger partial charge in [-0.3, -0.25) is 19.8 Å². The molecule has 1 aromatic heterocycles. The number of thiocarbonyl (C=S) groups is 1. The predicted octanol–water partition coefficient (Wildman–Crippen LogP) is 4.38. The second-order valence-electron chi connectivity index (χ2n) is 6.52. The summed E-state index contributed by atoms with van der Waals surface area (Å²) in [6.07, 6.45) is 3.47. The van der Waals surface area contributed by atoms with Crippen LogP contribution in [0.2, 0.25) is 0 Å². The molecule has 7 heteroatoms. The lowest BCUT2D eigenvalue weighted by Gasteiger charge is -2.30. The van der Waals surface area contributed by atoms with E-state index in [0.29, 0.717) is 11.4 Å². The zero-order valence-electron chi connectivity index (χ0n) is 15.4. The fraction of sp³-hybridized carbons (Fsp3) is 0.0455. The lowest BCUT2D eigenvalue weighted by Crippen LogP contribution is -2.54. The Morgan fingerprint density at radius 3 is 2.45 bits per heavy atom. The van der Waals surface area contributed by atoms with E-state index in [9.17, 15) is 9.59 Å². The highest BCUT2D eigenvalue weighted by molar-refractivity contribution is 9.10. The van der Waals surface area contributed by atoms with Gasteiger partial charge in [-0.15, -0.1) is 0 Å². The van der Waals surface area contributed by atoms with E-state index in [2.05, 4.69) is 21.2 Å². The maximum atomic E-state index is 13.2. The summed E-state index contributed by atoms with van der Waals surface area (Å²) >= 11 is 8.70. The van der Waals surface area contributed by atoms with Gasteiger partial charge in [-0.2, -0.15) is 0 Å². The van der Waals surface area contributed by atoms with E-state index in [4.69, 9.17) is 12.2 Å². The third kappa shape index (κ3) is 3.66. The quantitative estimate of drug-likeness (QED) is 0.354. The Morgan fingerprint density at radius 1 is 1.00 bits per heavy atom. The molecule has 0 radical (unpaired) electrons. The summed E-state index contributed by atoms with van der Waals surface area (Å²) in [5.41, 5.74) is 3.19. The molecular formula is C22H16BrN3O2S. The highest BCUT2D eigenvalue weighted by Gasteiger charge is 2.35. The van der Waals surface area contributed by atoms with Crippen LogP contribution in [0.1, 0.15) is 11.3 Å². The predicted molar refractivity (Wildman–Crippen MR) is 121 cm³/mol. The van der Waals surface area contributed by atoms with Crippen molar-refractivity contribution < 1.29 is 9.59 Å². The van der Waals surface area contributed by atoms with E-state index in [1.54, 1.807) is 12.1 Å². The molecule has 1 aliphatic rings. The van der Waals surface area contributed by atoms with Crippen LogP contribution in [-0.2, 0) is 9.59 Å². The van der Waals surface area contributed by atoms with Crippen LogP contribution in [-0.4, -0.2) is 21.5 Å². The minimum absolute atomic E-state index is 0.0268. The standard InChI is InChI=1S/C22H16BrN3O2S/c1-14-5-2-3-7-19(14)26-21(28)18(20(27)24-22(26)29)13-17-6-4-12-25(17)16-10-8-15(23)9-11-16/h2-13H,1H3,(H,24,27,29)/b18-13-. The molecule has 0 aliphatic carbocycles. The van der Waals surface area contributed by atoms with Crippen molar-refractivity contribution in [3.8, 4) is 5.69 Å². The van der Waals surface area contributed by atoms with Gasteiger partial charge in [-0.1, -0.05) is 34.1 Å². The van der Waals surface area contributed by atoms with Gasteiger partial charge in [0, 0.05) is 22.1 Å². The van der Waals surface area contributed by atoms with Gasteiger partial charge < -0.3 is 4.57 Å². The third-order valence-corrected chi connectivity index (χ3v) is 5.45. The van der Waals surface area contributed by atoms with E-state index < -0.39 is 11.8 Å². The summed E-state index contributed by atoms with van der Waals surface area (Å²) in [7, 11) is 0. The first-order chi connectivity index (χ1) is 14.0. The lowest BCUT2D eigenvalue weighted by molar-refractivity contribution is -0.122. The van der Waals surface area contributed by atoms with Gasteiger partial charge in [0.2, 0.25) is 0 Å². The number of nitrogens with one attached hydrogen (secondary N) is 1. The summed E-state index contributed by atoms with van der Waals surface area (Å²) in [5.74, 6) is -0.954. The molecule has 0 saturated carbocycles. The van der Waals surface area contributed by atoms with E-state index in [1.165, 1.54) is 4.90 Å². The smallest absolute Gasteiger partial charge is 0.270 e. The molecule has 144 valence electrons. The number of carbonyl (C=O) groups is 2. The number of benzene rings is 2. The number of aromatic nitrogens is 1. The van der Waals surface area contributed by atoms with Crippen molar-refractivity contribution in [2.75, 3.05) is 4.90 Å². The average molecular weight is 466 g/mol. The fourth-order valence-electron chi connectivity index (χ4n) is 3.19. The van der Waals surface area contributed by atoms with E-state index >= 15 is 0 Å². The molecule has 0 bridgehead atoms. The molecule has 2 amide bonds. The third-order valence-electron chi connectivity index (χ3n) is 4.64. The first-order valence-corrected chi connectivity index (χ1v) is 10.1. The molecular weight excluding hydrogens is 450 g/mol. The Bertz CT molecular complexity index is 1160. The van der Waals surface area contributed by atoms with Crippen LogP contribution in [0.4, 0.5) is 5.69 Å². The second-order valence-corrected chi connectivity index (χ2v) is 7.83. The van der Waals surface area contributed by atoms with Gasteiger partial charge >= 0.3 is 0 Å². The van der Waals surface area contributed by atoms with Crippen molar-refractivity contribution in [1.29, 1.82) is 0 Å². The summed E-state index contributed by atoms with van der Waals surface area (Å²) < 4.78 is 2.88. The molecule has 0 atom stereocenters. The summed E-state index contributed by atoms with van der Waals surface area (Å²) in [4.78, 5) is 27.1. The number of halogens is 1. The lowest BCUT2D eigenvalue weighted by atomic mass is 10.1. The average Bonchev–Trinajstić information content (AvgIpc) is 3.15. The van der Waals surface area contributed by atoms with Crippen molar-refractivity contribution in [2.45, 2.75) is 6.92 Å². The molecule has 2 heterocycles. The first kappa shape index (κ1) is 19.3. The SMILES string of the molecule is Cc1ccccc1N1C(=O)/C(=C\c2cccn2-c2ccc(Br)cc2)C(=O)NC1=S. The maximum absolute atomic E-state index is 13.2. The van der Waals surface area contributed by atoms with Crippen molar-refractivity contribution in [3.63, 3.8) is 0 Å². The summed E-state index contributed by atoms with van der Waals surface area (Å²) in [6, 6.07) is 18.9. The topological polar surface area (TPSA) is 54.3 Å². The van der Waals surface area contributed by atoms with Gasteiger partial charge in [0.05, 0.1) is 5.69 Å². The van der Waals surface area contributed by atoms with E-state index in [1.807, 2.05) is 72.3 Å². The van der Waals surface area contributed by atoms with E-state index in [-0.39, 0.29) is 10.7 Å². The maximum Gasteiger partial charge on any atom is 0.270 e. The number of para-hydroxylation sites is 1. The number of nitrogens with zero attached hydrogens (tertiary/aromatic N) is 2. The van der Waals surface area contributed by atoms with Crippen LogP contribution in [0.15, 0.2) is 76.9 Å². The summed E-state index contributed by atoms with van der Waals surface area (Å²) in [6.45, 7) is 1.89. The minimum Gasteiger partial charge on any atom is -0.317 e. The molecule has 1 fully saturated rings. The van der Waals surface area contributed by atoms with E-state index in [0.717, 1.165) is 15.7 Å². The van der Waals surface area contributed by atoms with Crippen LogP contribution in [0.3, 0.4) is 0 Å². The number of rotatable bonds is 3. The van der Waals surface area contributed by atoms with Crippen molar-refractivity contribution in [2.24, 2.45) is 0 Å². The Kier molecular flexibility index (Phi) is 5.17. The van der Waals surface area contributed by atoms with Gasteiger partial charge in [0.15, 0.2) is 5.11 Å². The second kappa shape index (κ2) is 7.77. The molecule has 4 rings (SSSR count). The number of aryl methyl sites for hydroxylation is 1. The van der Waals surface area contributed by atoms with Crippen LogP contribution < -0.4 is 10.2 Å². The van der Waals surface area contributed by atoms with Crippen LogP contribution in [0.5, 0.6) is 0 Å². The van der Waals surface area contributed by atoms with Gasteiger partial charge in [-0.05, 0) is 73.2 Å². The van der Waals surface area contributed by atoms with Gasteiger partial charge in [0.25, 0.3) is 11.8 Å². The molecule has 0 spiro atoms. The Labute approximate surface area is 181 Å². The minimum atomic E-state index is -0.506. The van der Waals surface area contributed by atoms with Gasteiger partial charge in [0.1, 0.15) is 5.57 Å². The van der Waals surface area contributed by atoms with Crippen molar-refractivity contribution in [1.82, 2.24) is 9.88 Å². The fourth-order valence-corrected chi connectivity index (χ4v) is 3.73. The summed E-state index contributed by atoms with van der Waals surface area (Å²) in [5, 5.41) is 2.71. The number of carbonyl (C=O) groups excluding carboxylic acids is 2. The molecule has 3 aromatic rings. The zero-order chi connectivity index (χ0) is 20.5. The number of hydrogen-bond acceptors (Lipinski definition) is 3. The Morgan fingerprint density at radius 2 is 1.72 bits per heavy atom. The van der Waals surface area contributed by atoms with Crippen molar-refractivity contribution in [3.05, 3.63) is 88.2 Å². The van der Waals surface area contributed by atoms with Crippen LogP contribution in [0, 0.1) is 6.92 Å². The van der Waals surface area contributed by atoms with Crippen LogP contribution in [0.25, 0.3) is 11.8 Å². The van der Waals surface area contributed by atoms with Crippen molar-refractivity contribution >= 4 is 56.8 Å². The highest BCUT2D eigenvalue weighted by atomic mass is 79.9. The molecule has 2 aromatic carbocycles. The molecule has 5 nitrogen and oxygen atoms in total. The highest BCUT2D eigenvalue weighted by Crippen LogP contribution is 2.26. The largest absolute Gasteiger partial charge is 0.317 e. The first-order valence-electron chi connectivity index (χ1n) is 8.86. The Balaban J connectivity index is 1.76. The number of amides is 2. The molecule has 29 heavy (non-hydrogen) atoms. The number of hydrogen-bond donors (Lipinski definition) is 1. The van der Waals surface area contributed by atoms with Gasteiger partial charge in [-0.25, -0.2) is 0 Å². The zero-order valence-corrected chi connectivity index (χ0v) is 17.8.